The minimum Gasteiger partial charge on any atom is -0.396 e. The smallest absolute Gasteiger partial charge is 0.287 e. The lowest BCUT2D eigenvalue weighted by atomic mass is 9.85. The molecule has 2 atom stereocenters. The van der Waals surface area contributed by atoms with Gasteiger partial charge in [0.1, 0.15) is 5.02 Å². The average molecular weight is 298 g/mol. The summed E-state index contributed by atoms with van der Waals surface area (Å²) in [7, 11) is 0. The lowest BCUT2D eigenvalue weighted by molar-refractivity contribution is 0.178. The van der Waals surface area contributed by atoms with E-state index in [1.807, 2.05) is 0 Å². The van der Waals surface area contributed by atoms with Crippen molar-refractivity contribution in [3.63, 3.8) is 0 Å². The summed E-state index contributed by atoms with van der Waals surface area (Å²) in [4.78, 5) is 12.0. The van der Waals surface area contributed by atoms with Crippen LogP contribution in [-0.4, -0.2) is 27.5 Å². The Bertz CT molecular complexity index is 530. The van der Waals surface area contributed by atoms with Gasteiger partial charge in [-0.15, -0.1) is 6.58 Å². The van der Waals surface area contributed by atoms with Gasteiger partial charge in [-0.1, -0.05) is 30.5 Å². The number of nitrogens with zero attached hydrogens (tertiary/aromatic N) is 2. The van der Waals surface area contributed by atoms with E-state index in [1.165, 1.54) is 4.68 Å². The van der Waals surface area contributed by atoms with Gasteiger partial charge < -0.3 is 10.4 Å². The van der Waals surface area contributed by atoms with Gasteiger partial charge in [0.2, 0.25) is 0 Å². The number of allylic oxidation sites excluding steroid dienone is 1. The highest BCUT2D eigenvalue weighted by atomic mass is 35.5. The molecular formula is C14H20ClN3O2. The van der Waals surface area contributed by atoms with Crippen molar-refractivity contribution >= 4 is 17.3 Å². The first-order valence-corrected chi connectivity index (χ1v) is 7.29. The van der Waals surface area contributed by atoms with E-state index in [4.69, 9.17) is 11.6 Å². The number of aliphatic hydroxyl groups is 1. The SMILES string of the molecule is C=CCn1ncc(NC2CCCCC2CO)c(Cl)c1=O. The molecule has 2 unspecified atom stereocenters. The van der Waals surface area contributed by atoms with Crippen molar-refractivity contribution in [3.05, 3.63) is 34.2 Å². The molecule has 1 aliphatic carbocycles. The molecule has 0 radical (unpaired) electrons. The summed E-state index contributed by atoms with van der Waals surface area (Å²) in [5.74, 6) is 0.204. The number of aliphatic hydroxyl groups excluding tert-OH is 1. The van der Waals surface area contributed by atoms with Gasteiger partial charge in [-0.05, 0) is 12.8 Å². The van der Waals surface area contributed by atoms with E-state index in [1.54, 1.807) is 12.3 Å². The van der Waals surface area contributed by atoms with Crippen molar-refractivity contribution in [2.75, 3.05) is 11.9 Å². The van der Waals surface area contributed by atoms with Crippen LogP contribution < -0.4 is 10.9 Å². The van der Waals surface area contributed by atoms with Gasteiger partial charge in [-0.25, -0.2) is 4.68 Å². The molecule has 2 N–H and O–H groups in total. The van der Waals surface area contributed by atoms with E-state index in [0.29, 0.717) is 12.2 Å². The number of halogens is 1. The molecule has 6 heteroatoms. The third-order valence-electron chi connectivity index (χ3n) is 3.77. The van der Waals surface area contributed by atoms with Crippen molar-refractivity contribution in [2.24, 2.45) is 5.92 Å². The van der Waals surface area contributed by atoms with E-state index in [-0.39, 0.29) is 29.1 Å². The number of aromatic nitrogens is 2. The first-order chi connectivity index (χ1) is 9.67. The summed E-state index contributed by atoms with van der Waals surface area (Å²) in [6.07, 6.45) is 7.38. The van der Waals surface area contributed by atoms with Gasteiger partial charge in [0.15, 0.2) is 0 Å². The Morgan fingerprint density at radius 2 is 2.30 bits per heavy atom. The van der Waals surface area contributed by atoms with Crippen molar-refractivity contribution in [1.82, 2.24) is 9.78 Å². The van der Waals surface area contributed by atoms with Gasteiger partial charge in [0, 0.05) is 18.6 Å². The molecular weight excluding hydrogens is 278 g/mol. The molecule has 1 aliphatic rings. The fourth-order valence-corrected chi connectivity index (χ4v) is 2.83. The molecule has 110 valence electrons. The van der Waals surface area contributed by atoms with Crippen LogP contribution in [0.15, 0.2) is 23.6 Å². The van der Waals surface area contributed by atoms with Crippen LogP contribution in [0.1, 0.15) is 25.7 Å². The van der Waals surface area contributed by atoms with Crippen molar-refractivity contribution in [3.8, 4) is 0 Å². The van der Waals surface area contributed by atoms with Gasteiger partial charge in [0.05, 0.1) is 18.4 Å². The summed E-state index contributed by atoms with van der Waals surface area (Å²) in [6, 6.07) is 0.141. The van der Waals surface area contributed by atoms with E-state index < -0.39 is 0 Å². The van der Waals surface area contributed by atoms with Crippen LogP contribution in [0.2, 0.25) is 5.02 Å². The lowest BCUT2D eigenvalue weighted by Crippen LogP contribution is -2.35. The Hall–Kier alpha value is -1.33. The minimum atomic E-state index is -0.326. The summed E-state index contributed by atoms with van der Waals surface area (Å²) in [5.41, 5.74) is 0.218. The molecule has 1 heterocycles. The monoisotopic (exact) mass is 297 g/mol. The highest BCUT2D eigenvalue weighted by Crippen LogP contribution is 2.28. The number of nitrogens with one attached hydrogen (secondary N) is 1. The zero-order valence-corrected chi connectivity index (χ0v) is 12.1. The third-order valence-corrected chi connectivity index (χ3v) is 4.14. The second-order valence-electron chi connectivity index (χ2n) is 5.13. The molecule has 0 amide bonds. The van der Waals surface area contributed by atoms with Crippen LogP contribution in [0.25, 0.3) is 0 Å². The Balaban J connectivity index is 2.19. The predicted molar refractivity (Wildman–Crippen MR) is 80.2 cm³/mol. The second kappa shape index (κ2) is 6.90. The molecule has 5 nitrogen and oxygen atoms in total. The van der Waals surface area contributed by atoms with Crippen LogP contribution in [0, 0.1) is 5.92 Å². The average Bonchev–Trinajstić information content (AvgIpc) is 2.47. The van der Waals surface area contributed by atoms with Crippen LogP contribution in [-0.2, 0) is 6.54 Å². The number of hydrogen-bond donors (Lipinski definition) is 2. The Morgan fingerprint density at radius 3 is 3.00 bits per heavy atom. The van der Waals surface area contributed by atoms with Crippen LogP contribution in [0.3, 0.4) is 0 Å². The Labute approximate surface area is 123 Å². The summed E-state index contributed by atoms with van der Waals surface area (Å²) < 4.78 is 1.27. The molecule has 1 saturated carbocycles. The Kier molecular flexibility index (Phi) is 5.20. The maximum Gasteiger partial charge on any atom is 0.287 e. The van der Waals surface area contributed by atoms with Gasteiger partial charge in [-0.3, -0.25) is 4.79 Å². The van der Waals surface area contributed by atoms with E-state index in [2.05, 4.69) is 17.0 Å². The van der Waals surface area contributed by atoms with Crippen molar-refractivity contribution in [1.29, 1.82) is 0 Å². The molecule has 0 aromatic carbocycles. The maximum absolute atomic E-state index is 12.0. The van der Waals surface area contributed by atoms with E-state index >= 15 is 0 Å². The van der Waals surface area contributed by atoms with Crippen LogP contribution in [0.5, 0.6) is 0 Å². The highest BCUT2D eigenvalue weighted by molar-refractivity contribution is 6.32. The molecule has 0 aliphatic heterocycles. The number of hydrogen-bond acceptors (Lipinski definition) is 4. The first-order valence-electron chi connectivity index (χ1n) is 6.91. The lowest BCUT2D eigenvalue weighted by Gasteiger charge is -2.31. The molecule has 1 aromatic heterocycles. The van der Waals surface area contributed by atoms with Gasteiger partial charge in [0.25, 0.3) is 5.56 Å². The quantitative estimate of drug-likeness (QED) is 0.816. The number of rotatable bonds is 5. The zero-order valence-electron chi connectivity index (χ0n) is 11.4. The van der Waals surface area contributed by atoms with Gasteiger partial charge >= 0.3 is 0 Å². The predicted octanol–water partition coefficient (Wildman–Crippen LogP) is 2.05. The Morgan fingerprint density at radius 1 is 1.55 bits per heavy atom. The first kappa shape index (κ1) is 15.1. The van der Waals surface area contributed by atoms with Crippen LogP contribution in [0.4, 0.5) is 5.69 Å². The van der Waals surface area contributed by atoms with Gasteiger partial charge in [-0.2, -0.15) is 5.10 Å². The fraction of sp³-hybridized carbons (Fsp3) is 0.571. The molecule has 1 aromatic rings. The molecule has 0 spiro atoms. The minimum absolute atomic E-state index is 0.141. The molecule has 2 rings (SSSR count). The summed E-state index contributed by atoms with van der Waals surface area (Å²) >= 11 is 6.11. The zero-order chi connectivity index (χ0) is 14.5. The van der Waals surface area contributed by atoms with E-state index in [9.17, 15) is 9.90 Å². The summed E-state index contributed by atoms with van der Waals surface area (Å²) in [6.45, 7) is 4.06. The van der Waals surface area contributed by atoms with Crippen molar-refractivity contribution < 1.29 is 5.11 Å². The fourth-order valence-electron chi connectivity index (χ4n) is 2.63. The van der Waals surface area contributed by atoms with E-state index in [0.717, 1.165) is 25.7 Å². The summed E-state index contributed by atoms with van der Waals surface area (Å²) in [5, 5.41) is 16.9. The maximum atomic E-state index is 12.0. The molecule has 0 saturated heterocycles. The molecule has 20 heavy (non-hydrogen) atoms. The third kappa shape index (κ3) is 3.22. The topological polar surface area (TPSA) is 67.2 Å². The largest absolute Gasteiger partial charge is 0.396 e. The standard InChI is InChI=1S/C14H20ClN3O2/c1-2-7-18-14(20)13(15)12(8-16-18)17-11-6-4-3-5-10(11)9-19/h2,8,10-11,17,19H,1,3-7,9H2. The normalized spacial score (nSPS) is 22.5. The molecule has 1 fully saturated rings. The molecule has 0 bridgehead atoms. The second-order valence-corrected chi connectivity index (χ2v) is 5.50. The van der Waals surface area contributed by atoms with Crippen molar-refractivity contribution in [2.45, 2.75) is 38.3 Å². The van der Waals surface area contributed by atoms with Crippen LogP contribution >= 0.6 is 11.6 Å². The highest BCUT2D eigenvalue weighted by Gasteiger charge is 2.25. The number of anilines is 1.